The van der Waals surface area contributed by atoms with E-state index in [1.807, 2.05) is 0 Å². The zero-order valence-electron chi connectivity index (χ0n) is 9.55. The zero-order valence-corrected chi connectivity index (χ0v) is 11.1. The van der Waals surface area contributed by atoms with E-state index < -0.39 is 18.0 Å². The molecular weight excluding hydrogens is 287 g/mol. The second-order valence-electron chi connectivity index (χ2n) is 3.37. The molecule has 0 spiro atoms. The molecule has 0 atom stereocenters. The predicted octanol–water partition coefficient (Wildman–Crippen LogP) is 3.52. The largest absolute Gasteiger partial charge is 0.466 e. The molecule has 0 unspecified atom stereocenters. The highest BCUT2D eigenvalue weighted by molar-refractivity contribution is 6.33. The first kappa shape index (κ1) is 15.1. The summed E-state index contributed by atoms with van der Waals surface area (Å²) in [5.41, 5.74) is -0.230. The molecule has 100 valence electrons. The maximum absolute atomic E-state index is 12.9. The number of carbonyl (C=O) groups is 1. The number of pyridine rings is 1. The van der Waals surface area contributed by atoms with Crippen LogP contribution in [0.15, 0.2) is 6.20 Å². The van der Waals surface area contributed by atoms with Gasteiger partial charge in [0.15, 0.2) is 0 Å². The fourth-order valence-corrected chi connectivity index (χ4v) is 1.96. The average molecular weight is 298 g/mol. The van der Waals surface area contributed by atoms with Gasteiger partial charge >= 0.3 is 5.97 Å². The van der Waals surface area contributed by atoms with Crippen LogP contribution in [0, 0.1) is 0 Å². The summed E-state index contributed by atoms with van der Waals surface area (Å²) in [4.78, 5) is 15.1. The van der Waals surface area contributed by atoms with E-state index in [9.17, 15) is 13.6 Å². The minimum Gasteiger partial charge on any atom is -0.466 e. The van der Waals surface area contributed by atoms with Gasteiger partial charge in [-0.2, -0.15) is 0 Å². The maximum Gasteiger partial charge on any atom is 0.311 e. The van der Waals surface area contributed by atoms with Crippen LogP contribution in [0.5, 0.6) is 0 Å². The molecule has 0 bridgehead atoms. The standard InChI is InChI=1S/C11H11Cl2F2NO2/c1-2-18-8(17)3-7-9(11(14)15)10(13)6(4-12)5-16-7/h5,11H,2-4H2,1H3. The molecule has 3 nitrogen and oxygen atoms in total. The molecule has 18 heavy (non-hydrogen) atoms. The summed E-state index contributed by atoms with van der Waals surface area (Å²) < 4.78 is 30.5. The highest BCUT2D eigenvalue weighted by atomic mass is 35.5. The summed E-state index contributed by atoms with van der Waals surface area (Å²) in [5.74, 6) is -0.646. The highest BCUT2D eigenvalue weighted by Gasteiger charge is 2.22. The van der Waals surface area contributed by atoms with Crippen LogP contribution in [0.1, 0.15) is 30.2 Å². The van der Waals surface area contributed by atoms with Gasteiger partial charge in [0, 0.05) is 11.8 Å². The molecular formula is C11H11Cl2F2NO2. The molecule has 0 saturated carbocycles. The van der Waals surface area contributed by atoms with E-state index >= 15 is 0 Å². The first-order chi connectivity index (χ1) is 8.51. The summed E-state index contributed by atoms with van der Waals surface area (Å²) in [6.07, 6.45) is -1.87. The Bertz CT molecular complexity index is 441. The zero-order chi connectivity index (χ0) is 13.7. The molecule has 7 heteroatoms. The van der Waals surface area contributed by atoms with Crippen molar-refractivity contribution in [3.8, 4) is 0 Å². The van der Waals surface area contributed by atoms with E-state index in [0.29, 0.717) is 5.56 Å². The van der Waals surface area contributed by atoms with Gasteiger partial charge in [-0.15, -0.1) is 11.6 Å². The Morgan fingerprint density at radius 1 is 1.56 bits per heavy atom. The van der Waals surface area contributed by atoms with Crippen molar-refractivity contribution in [3.05, 3.63) is 28.0 Å². The number of rotatable bonds is 5. The SMILES string of the molecule is CCOC(=O)Cc1ncc(CCl)c(Cl)c1C(F)F. The van der Waals surface area contributed by atoms with E-state index in [1.165, 1.54) is 6.20 Å². The number of aromatic nitrogens is 1. The summed E-state index contributed by atoms with van der Waals surface area (Å²) in [6, 6.07) is 0. The van der Waals surface area contributed by atoms with Crippen molar-refractivity contribution in [1.29, 1.82) is 0 Å². The molecule has 1 heterocycles. The molecule has 0 aromatic carbocycles. The van der Waals surface area contributed by atoms with Crippen LogP contribution in [0.25, 0.3) is 0 Å². The number of ether oxygens (including phenoxy) is 1. The number of hydrogen-bond acceptors (Lipinski definition) is 3. The lowest BCUT2D eigenvalue weighted by Crippen LogP contribution is -2.12. The van der Waals surface area contributed by atoms with Gasteiger partial charge < -0.3 is 4.74 Å². The lowest BCUT2D eigenvalue weighted by atomic mass is 10.1. The highest BCUT2D eigenvalue weighted by Crippen LogP contribution is 2.32. The number of halogens is 4. The molecule has 1 aromatic rings. The third-order valence-electron chi connectivity index (χ3n) is 2.18. The molecule has 0 fully saturated rings. The second kappa shape index (κ2) is 6.85. The Hall–Kier alpha value is -0.940. The fourth-order valence-electron chi connectivity index (χ4n) is 1.39. The lowest BCUT2D eigenvalue weighted by Gasteiger charge is -2.11. The van der Waals surface area contributed by atoms with Crippen molar-refractivity contribution in [3.63, 3.8) is 0 Å². The first-order valence-electron chi connectivity index (χ1n) is 5.17. The number of alkyl halides is 3. The van der Waals surface area contributed by atoms with Gasteiger partial charge in [0.2, 0.25) is 0 Å². The summed E-state index contributed by atoms with van der Waals surface area (Å²) in [7, 11) is 0. The van der Waals surface area contributed by atoms with Gasteiger partial charge in [-0.25, -0.2) is 8.78 Å². The van der Waals surface area contributed by atoms with Crippen LogP contribution in [0.2, 0.25) is 5.02 Å². The van der Waals surface area contributed by atoms with Crippen molar-refractivity contribution in [2.75, 3.05) is 6.61 Å². The van der Waals surface area contributed by atoms with Crippen LogP contribution < -0.4 is 0 Å². The average Bonchev–Trinajstić information content (AvgIpc) is 2.29. The van der Waals surface area contributed by atoms with Gasteiger partial charge in [-0.05, 0) is 6.92 Å². The van der Waals surface area contributed by atoms with Crippen LogP contribution in [-0.2, 0) is 21.8 Å². The number of esters is 1. The lowest BCUT2D eigenvalue weighted by molar-refractivity contribution is -0.142. The maximum atomic E-state index is 12.9. The van der Waals surface area contributed by atoms with E-state index in [2.05, 4.69) is 9.72 Å². The van der Waals surface area contributed by atoms with Crippen molar-refractivity contribution >= 4 is 29.2 Å². The monoisotopic (exact) mass is 297 g/mol. The minimum absolute atomic E-state index is 0.0226. The van der Waals surface area contributed by atoms with Crippen LogP contribution in [0.4, 0.5) is 8.78 Å². The van der Waals surface area contributed by atoms with Crippen LogP contribution in [-0.4, -0.2) is 17.6 Å². The predicted molar refractivity (Wildman–Crippen MR) is 64.1 cm³/mol. The molecule has 0 aliphatic heterocycles. The van der Waals surface area contributed by atoms with Gasteiger partial charge in [-0.1, -0.05) is 11.6 Å². The third kappa shape index (κ3) is 3.53. The quantitative estimate of drug-likeness (QED) is 0.617. The summed E-state index contributed by atoms with van der Waals surface area (Å²) in [5, 5.41) is -0.144. The first-order valence-corrected chi connectivity index (χ1v) is 6.08. The Kier molecular flexibility index (Phi) is 5.75. The molecule has 0 aliphatic carbocycles. The van der Waals surface area contributed by atoms with Crippen molar-refractivity contribution in [2.45, 2.75) is 25.7 Å². The molecule has 0 saturated heterocycles. The number of carbonyl (C=O) groups excluding carboxylic acids is 1. The normalized spacial score (nSPS) is 10.8. The Labute approximate surface area is 113 Å². The third-order valence-corrected chi connectivity index (χ3v) is 2.92. The summed E-state index contributed by atoms with van der Waals surface area (Å²) in [6.45, 7) is 1.80. The fraction of sp³-hybridized carbons (Fsp3) is 0.455. The summed E-state index contributed by atoms with van der Waals surface area (Å²) >= 11 is 11.4. The van der Waals surface area contributed by atoms with Crippen molar-refractivity contribution < 1.29 is 18.3 Å². The van der Waals surface area contributed by atoms with Crippen molar-refractivity contribution in [2.24, 2.45) is 0 Å². The van der Waals surface area contributed by atoms with Gasteiger partial charge in [0.1, 0.15) is 0 Å². The number of nitrogens with zero attached hydrogens (tertiary/aromatic N) is 1. The Balaban J connectivity index is 3.11. The van der Waals surface area contributed by atoms with Gasteiger partial charge in [0.25, 0.3) is 6.43 Å². The Morgan fingerprint density at radius 2 is 2.22 bits per heavy atom. The molecule has 0 aliphatic rings. The van der Waals surface area contributed by atoms with Gasteiger partial charge in [-0.3, -0.25) is 9.78 Å². The second-order valence-corrected chi connectivity index (χ2v) is 4.02. The molecule has 0 N–H and O–H groups in total. The van der Waals surface area contributed by atoms with E-state index in [4.69, 9.17) is 23.2 Å². The topological polar surface area (TPSA) is 39.2 Å². The molecule has 0 amide bonds. The van der Waals surface area contributed by atoms with Crippen LogP contribution >= 0.6 is 23.2 Å². The van der Waals surface area contributed by atoms with E-state index in [-0.39, 0.29) is 29.6 Å². The Morgan fingerprint density at radius 3 is 2.72 bits per heavy atom. The molecule has 1 aromatic heterocycles. The van der Waals surface area contributed by atoms with Crippen LogP contribution in [0.3, 0.4) is 0 Å². The molecule has 0 radical (unpaired) electrons. The number of hydrogen-bond donors (Lipinski definition) is 0. The van der Waals surface area contributed by atoms with Gasteiger partial charge in [0.05, 0.1) is 35.2 Å². The smallest absolute Gasteiger partial charge is 0.311 e. The van der Waals surface area contributed by atoms with Crippen molar-refractivity contribution in [1.82, 2.24) is 4.98 Å². The minimum atomic E-state index is -2.82. The van der Waals surface area contributed by atoms with E-state index in [0.717, 1.165) is 0 Å². The van der Waals surface area contributed by atoms with E-state index in [1.54, 1.807) is 6.92 Å². The molecule has 1 rings (SSSR count).